The quantitative estimate of drug-likeness (QED) is 0.677. The summed E-state index contributed by atoms with van der Waals surface area (Å²) >= 11 is 2.93. The van der Waals surface area contributed by atoms with E-state index in [2.05, 4.69) is 59.8 Å². The Bertz CT molecular complexity index is 742. The maximum absolute atomic E-state index is 12.0. The van der Waals surface area contributed by atoms with Gasteiger partial charge in [0.2, 0.25) is 11.0 Å². The molecular formula is C18H24N4OS2. The van der Waals surface area contributed by atoms with Crippen LogP contribution in [0, 0.1) is 12.8 Å². The van der Waals surface area contributed by atoms with Gasteiger partial charge in [-0.05, 0) is 50.2 Å². The van der Waals surface area contributed by atoms with Gasteiger partial charge < -0.3 is 10.6 Å². The molecule has 7 heteroatoms. The van der Waals surface area contributed by atoms with Crippen LogP contribution in [0.25, 0.3) is 0 Å². The molecule has 2 N–H and O–H groups in total. The highest BCUT2D eigenvalue weighted by atomic mass is 32.2. The van der Waals surface area contributed by atoms with Crippen molar-refractivity contribution in [2.75, 3.05) is 11.1 Å². The number of nitrogens with zero attached hydrogens (tertiary/aromatic N) is 2. The number of anilines is 2. The van der Waals surface area contributed by atoms with Crippen LogP contribution in [0.3, 0.4) is 0 Å². The molecule has 1 aliphatic carbocycles. The van der Waals surface area contributed by atoms with E-state index in [-0.39, 0.29) is 11.9 Å². The Morgan fingerprint density at radius 2 is 2.20 bits per heavy atom. The fourth-order valence-corrected chi connectivity index (χ4v) is 4.33. The Morgan fingerprint density at radius 1 is 1.40 bits per heavy atom. The molecular weight excluding hydrogens is 352 g/mol. The molecule has 134 valence electrons. The van der Waals surface area contributed by atoms with Crippen LogP contribution in [-0.4, -0.2) is 27.9 Å². The predicted octanol–water partition coefficient (Wildman–Crippen LogP) is 4.16. The smallest absolute Gasteiger partial charge is 0.230 e. The van der Waals surface area contributed by atoms with E-state index in [0.717, 1.165) is 21.6 Å². The zero-order valence-corrected chi connectivity index (χ0v) is 16.5. The molecule has 0 radical (unpaired) electrons. The molecule has 3 rings (SSSR count). The summed E-state index contributed by atoms with van der Waals surface area (Å²) in [5, 5.41) is 15.6. The van der Waals surface area contributed by atoms with Gasteiger partial charge in [-0.3, -0.25) is 4.79 Å². The van der Waals surface area contributed by atoms with Gasteiger partial charge in [-0.15, -0.1) is 10.2 Å². The van der Waals surface area contributed by atoms with Crippen molar-refractivity contribution >= 4 is 39.8 Å². The highest BCUT2D eigenvalue weighted by Crippen LogP contribution is 2.33. The molecule has 1 fully saturated rings. The second-order valence-corrected chi connectivity index (χ2v) is 8.64. The van der Waals surface area contributed by atoms with Crippen LogP contribution in [0.1, 0.15) is 37.8 Å². The average molecular weight is 377 g/mol. The van der Waals surface area contributed by atoms with Crippen LogP contribution in [-0.2, 0) is 11.2 Å². The summed E-state index contributed by atoms with van der Waals surface area (Å²) in [6.07, 6.45) is 3.43. The molecule has 1 atom stereocenters. The Labute approximate surface area is 157 Å². The van der Waals surface area contributed by atoms with E-state index in [0.29, 0.717) is 11.7 Å². The van der Waals surface area contributed by atoms with Crippen molar-refractivity contribution < 1.29 is 4.79 Å². The summed E-state index contributed by atoms with van der Waals surface area (Å²) < 4.78 is 0.809. The molecule has 5 nitrogen and oxygen atoms in total. The van der Waals surface area contributed by atoms with E-state index in [1.54, 1.807) is 0 Å². The van der Waals surface area contributed by atoms with Gasteiger partial charge in [-0.2, -0.15) is 0 Å². The molecule has 0 saturated heterocycles. The third-order valence-electron chi connectivity index (χ3n) is 4.42. The lowest BCUT2D eigenvalue weighted by atomic mass is 10.1. The summed E-state index contributed by atoms with van der Waals surface area (Å²) in [4.78, 5) is 12.0. The number of carbonyl (C=O) groups excluding carboxylic acids is 1. The van der Waals surface area contributed by atoms with E-state index in [1.807, 2.05) is 0 Å². The van der Waals surface area contributed by atoms with Crippen LogP contribution in [0.4, 0.5) is 10.8 Å². The second kappa shape index (κ2) is 8.19. The predicted molar refractivity (Wildman–Crippen MR) is 105 cm³/mol. The molecule has 1 heterocycles. The Hall–Kier alpha value is -1.60. The SMILES string of the molecule is CCc1cccc(C)c1Nc1nnc(SCC(=O)NC(C)C2CC2)s1. The van der Waals surface area contributed by atoms with Crippen LogP contribution in [0.2, 0.25) is 0 Å². The molecule has 1 aliphatic rings. The third kappa shape index (κ3) is 4.95. The van der Waals surface area contributed by atoms with E-state index < -0.39 is 0 Å². The normalized spacial score (nSPS) is 15.0. The van der Waals surface area contributed by atoms with Crippen LogP contribution in [0.15, 0.2) is 22.5 Å². The Kier molecular flexibility index (Phi) is 5.96. The topological polar surface area (TPSA) is 66.9 Å². The molecule has 1 aromatic carbocycles. The maximum atomic E-state index is 12.0. The number of nitrogens with one attached hydrogen (secondary N) is 2. The highest BCUT2D eigenvalue weighted by molar-refractivity contribution is 8.01. The number of aryl methyl sites for hydroxylation is 2. The summed E-state index contributed by atoms with van der Waals surface area (Å²) in [6, 6.07) is 6.57. The first-order valence-electron chi connectivity index (χ1n) is 8.68. The van der Waals surface area contributed by atoms with Crippen molar-refractivity contribution in [2.24, 2.45) is 5.92 Å². The third-order valence-corrected chi connectivity index (χ3v) is 6.39. The maximum Gasteiger partial charge on any atom is 0.230 e. The molecule has 0 spiro atoms. The van der Waals surface area contributed by atoms with Gasteiger partial charge in [0.05, 0.1) is 5.75 Å². The highest BCUT2D eigenvalue weighted by Gasteiger charge is 2.28. The number of thioether (sulfide) groups is 1. The van der Waals surface area contributed by atoms with Crippen LogP contribution >= 0.6 is 23.1 Å². The molecule has 0 bridgehead atoms. The van der Waals surface area contributed by atoms with Gasteiger partial charge in [-0.25, -0.2) is 0 Å². The monoisotopic (exact) mass is 376 g/mol. The Balaban J connectivity index is 1.55. The molecule has 0 aliphatic heterocycles. The first-order chi connectivity index (χ1) is 12.1. The number of aromatic nitrogens is 2. The average Bonchev–Trinajstić information content (AvgIpc) is 3.35. The fourth-order valence-electron chi connectivity index (χ4n) is 2.76. The van der Waals surface area contributed by atoms with Crippen molar-refractivity contribution in [1.82, 2.24) is 15.5 Å². The van der Waals surface area contributed by atoms with E-state index in [9.17, 15) is 4.79 Å². The molecule has 1 amide bonds. The molecule has 1 aromatic heterocycles. The second-order valence-electron chi connectivity index (χ2n) is 6.44. The van der Waals surface area contributed by atoms with E-state index in [1.165, 1.54) is 47.1 Å². The number of carbonyl (C=O) groups is 1. The minimum absolute atomic E-state index is 0.0706. The number of para-hydroxylation sites is 1. The van der Waals surface area contributed by atoms with E-state index in [4.69, 9.17) is 0 Å². The van der Waals surface area contributed by atoms with Gasteiger partial charge in [0.25, 0.3) is 0 Å². The first-order valence-corrected chi connectivity index (χ1v) is 10.5. The lowest BCUT2D eigenvalue weighted by molar-refractivity contribution is -0.119. The molecule has 25 heavy (non-hydrogen) atoms. The molecule has 1 unspecified atom stereocenters. The summed E-state index contributed by atoms with van der Waals surface area (Å²) in [5.41, 5.74) is 3.56. The summed E-state index contributed by atoms with van der Waals surface area (Å²) in [5.74, 6) is 1.13. The van der Waals surface area contributed by atoms with Crippen LogP contribution in [0.5, 0.6) is 0 Å². The lowest BCUT2D eigenvalue weighted by Crippen LogP contribution is -2.35. The fraction of sp³-hybridized carbons (Fsp3) is 0.500. The van der Waals surface area contributed by atoms with Gasteiger partial charge in [0, 0.05) is 11.7 Å². The summed E-state index contributed by atoms with van der Waals surface area (Å²) in [7, 11) is 0. The Morgan fingerprint density at radius 3 is 2.92 bits per heavy atom. The van der Waals surface area contributed by atoms with Gasteiger partial charge >= 0.3 is 0 Å². The van der Waals surface area contributed by atoms with Crippen molar-refractivity contribution in [3.63, 3.8) is 0 Å². The van der Waals surface area contributed by atoms with Gasteiger partial charge in [0.15, 0.2) is 4.34 Å². The van der Waals surface area contributed by atoms with Crippen molar-refractivity contribution in [3.8, 4) is 0 Å². The minimum atomic E-state index is 0.0706. The van der Waals surface area contributed by atoms with Crippen molar-refractivity contribution in [2.45, 2.75) is 50.4 Å². The number of rotatable bonds is 8. The van der Waals surface area contributed by atoms with Crippen molar-refractivity contribution in [3.05, 3.63) is 29.3 Å². The largest absolute Gasteiger partial charge is 0.353 e. The van der Waals surface area contributed by atoms with Gasteiger partial charge in [-0.1, -0.05) is 48.2 Å². The summed E-state index contributed by atoms with van der Waals surface area (Å²) in [6.45, 7) is 6.31. The number of hydrogen-bond donors (Lipinski definition) is 2. The molecule has 2 aromatic rings. The van der Waals surface area contributed by atoms with Crippen LogP contribution < -0.4 is 10.6 Å². The number of hydrogen-bond acceptors (Lipinski definition) is 6. The lowest BCUT2D eigenvalue weighted by Gasteiger charge is -2.11. The number of benzene rings is 1. The van der Waals surface area contributed by atoms with Gasteiger partial charge in [0.1, 0.15) is 0 Å². The minimum Gasteiger partial charge on any atom is -0.353 e. The van der Waals surface area contributed by atoms with E-state index >= 15 is 0 Å². The molecule has 1 saturated carbocycles. The van der Waals surface area contributed by atoms with Crippen molar-refractivity contribution in [1.29, 1.82) is 0 Å². The first kappa shape index (κ1) is 18.2. The zero-order valence-electron chi connectivity index (χ0n) is 14.8. The number of amides is 1. The zero-order chi connectivity index (χ0) is 17.8. The standard InChI is InChI=1S/C18H24N4OS2/c1-4-13-7-5-6-11(2)16(13)20-17-21-22-18(25-17)24-10-15(23)19-12(3)14-8-9-14/h5-7,12,14H,4,8-10H2,1-3H3,(H,19,23)(H,20,21).